The van der Waals surface area contributed by atoms with Crippen LogP contribution in [0.4, 0.5) is 0 Å². The summed E-state index contributed by atoms with van der Waals surface area (Å²) in [5.74, 6) is 0. The summed E-state index contributed by atoms with van der Waals surface area (Å²) in [6, 6.07) is 4.23. The first-order chi connectivity index (χ1) is 6.77. The molecule has 14 heavy (non-hydrogen) atoms. The van der Waals surface area contributed by atoms with Crippen LogP contribution in [0.3, 0.4) is 0 Å². The fourth-order valence-corrected chi connectivity index (χ4v) is 3.28. The Morgan fingerprint density at radius 3 is 2.93 bits per heavy atom. The minimum atomic E-state index is 0.125. The minimum Gasteiger partial charge on any atom is -0.392 e. The molecular formula is C11H11BrOS. The first-order valence-electron chi connectivity index (χ1n) is 4.43. The van der Waals surface area contributed by atoms with Crippen LogP contribution in [0.25, 0.3) is 10.1 Å². The first kappa shape index (κ1) is 10.1. The summed E-state index contributed by atoms with van der Waals surface area (Å²) >= 11 is 5.22. The molecule has 1 N–H and O–H groups in total. The third kappa shape index (κ3) is 1.49. The van der Waals surface area contributed by atoms with Crippen LogP contribution in [-0.2, 0) is 11.9 Å². The Kier molecular flexibility index (Phi) is 2.91. The van der Waals surface area contributed by atoms with Gasteiger partial charge in [-0.25, -0.2) is 0 Å². The second kappa shape index (κ2) is 4.01. The van der Waals surface area contributed by atoms with E-state index in [2.05, 4.69) is 40.4 Å². The van der Waals surface area contributed by atoms with Crippen molar-refractivity contribution in [1.82, 2.24) is 0 Å². The zero-order chi connectivity index (χ0) is 10.1. The van der Waals surface area contributed by atoms with E-state index in [1.165, 1.54) is 21.2 Å². The number of alkyl halides is 1. The van der Waals surface area contributed by atoms with Crippen molar-refractivity contribution < 1.29 is 5.11 Å². The fourth-order valence-electron chi connectivity index (χ4n) is 1.68. The third-order valence-electron chi connectivity index (χ3n) is 2.56. The molecule has 1 nitrogen and oxygen atoms in total. The van der Waals surface area contributed by atoms with Crippen molar-refractivity contribution in [1.29, 1.82) is 0 Å². The van der Waals surface area contributed by atoms with E-state index in [4.69, 9.17) is 0 Å². The van der Waals surface area contributed by atoms with Gasteiger partial charge in [-0.15, -0.1) is 11.3 Å². The largest absolute Gasteiger partial charge is 0.392 e. The van der Waals surface area contributed by atoms with Gasteiger partial charge in [0.2, 0.25) is 0 Å². The monoisotopic (exact) mass is 270 g/mol. The molecule has 0 fully saturated rings. The van der Waals surface area contributed by atoms with E-state index < -0.39 is 0 Å². The molecule has 1 aromatic carbocycles. The molecule has 0 atom stereocenters. The maximum atomic E-state index is 9.22. The van der Waals surface area contributed by atoms with Gasteiger partial charge < -0.3 is 5.11 Å². The highest BCUT2D eigenvalue weighted by molar-refractivity contribution is 9.08. The van der Waals surface area contributed by atoms with Crippen molar-refractivity contribution >= 4 is 37.4 Å². The van der Waals surface area contributed by atoms with Gasteiger partial charge >= 0.3 is 0 Å². The van der Waals surface area contributed by atoms with Gasteiger partial charge in [-0.05, 0) is 46.5 Å². The molecule has 3 heteroatoms. The SMILES string of the molecule is Cc1c(CO)cc2sccc2c1CBr. The van der Waals surface area contributed by atoms with Gasteiger partial charge in [-0.3, -0.25) is 0 Å². The van der Waals surface area contributed by atoms with Gasteiger partial charge in [-0.1, -0.05) is 15.9 Å². The van der Waals surface area contributed by atoms with Crippen LogP contribution in [-0.4, -0.2) is 5.11 Å². The van der Waals surface area contributed by atoms with E-state index in [0.717, 1.165) is 10.9 Å². The number of halogens is 1. The number of fused-ring (bicyclic) bond motifs is 1. The van der Waals surface area contributed by atoms with Crippen molar-refractivity contribution in [2.75, 3.05) is 0 Å². The van der Waals surface area contributed by atoms with Crippen LogP contribution in [0.2, 0.25) is 0 Å². The summed E-state index contributed by atoms with van der Waals surface area (Å²) in [7, 11) is 0. The van der Waals surface area contributed by atoms with E-state index in [-0.39, 0.29) is 6.61 Å². The van der Waals surface area contributed by atoms with Crippen molar-refractivity contribution in [2.24, 2.45) is 0 Å². The average Bonchev–Trinajstić information content (AvgIpc) is 2.64. The Morgan fingerprint density at radius 2 is 2.29 bits per heavy atom. The van der Waals surface area contributed by atoms with E-state index in [9.17, 15) is 5.11 Å². The lowest BCUT2D eigenvalue weighted by Crippen LogP contribution is -1.93. The number of hydrogen-bond donors (Lipinski definition) is 1. The number of aliphatic hydroxyl groups is 1. The zero-order valence-electron chi connectivity index (χ0n) is 7.88. The molecule has 0 aliphatic heterocycles. The molecule has 0 saturated carbocycles. The summed E-state index contributed by atoms with van der Waals surface area (Å²) in [5.41, 5.74) is 3.54. The molecule has 0 radical (unpaired) electrons. The lowest BCUT2D eigenvalue weighted by atomic mass is 10.0. The predicted molar refractivity (Wildman–Crippen MR) is 65.1 cm³/mol. The predicted octanol–water partition coefficient (Wildman–Crippen LogP) is 3.60. The van der Waals surface area contributed by atoms with E-state index in [0.29, 0.717) is 0 Å². The van der Waals surface area contributed by atoms with E-state index in [1.54, 1.807) is 11.3 Å². The topological polar surface area (TPSA) is 20.2 Å². The van der Waals surface area contributed by atoms with Crippen molar-refractivity contribution in [3.8, 4) is 0 Å². The summed E-state index contributed by atoms with van der Waals surface area (Å²) in [6.07, 6.45) is 0. The van der Waals surface area contributed by atoms with Crippen molar-refractivity contribution in [2.45, 2.75) is 18.9 Å². The highest BCUT2D eigenvalue weighted by Crippen LogP contribution is 2.30. The lowest BCUT2D eigenvalue weighted by Gasteiger charge is -2.09. The zero-order valence-corrected chi connectivity index (χ0v) is 10.3. The van der Waals surface area contributed by atoms with Crippen molar-refractivity contribution in [3.05, 3.63) is 34.2 Å². The summed E-state index contributed by atoms with van der Waals surface area (Å²) in [4.78, 5) is 0. The minimum absolute atomic E-state index is 0.125. The van der Waals surface area contributed by atoms with Gasteiger partial charge in [0.15, 0.2) is 0 Å². The van der Waals surface area contributed by atoms with Crippen molar-refractivity contribution in [3.63, 3.8) is 0 Å². The molecule has 1 aromatic heterocycles. The molecular weight excluding hydrogens is 260 g/mol. The molecule has 0 spiro atoms. The Hall–Kier alpha value is -0.380. The van der Waals surface area contributed by atoms with Crippen LogP contribution in [0, 0.1) is 6.92 Å². The molecule has 0 aliphatic carbocycles. The van der Waals surface area contributed by atoms with Gasteiger partial charge in [0.1, 0.15) is 0 Å². The molecule has 74 valence electrons. The van der Waals surface area contributed by atoms with E-state index >= 15 is 0 Å². The number of hydrogen-bond acceptors (Lipinski definition) is 2. The second-order valence-corrected chi connectivity index (χ2v) is 4.77. The summed E-state index contributed by atoms with van der Waals surface area (Å²) in [5, 5.41) is 13.5. The maximum Gasteiger partial charge on any atom is 0.0685 e. The molecule has 0 unspecified atom stereocenters. The van der Waals surface area contributed by atoms with Crippen LogP contribution in [0.1, 0.15) is 16.7 Å². The Morgan fingerprint density at radius 1 is 1.50 bits per heavy atom. The second-order valence-electron chi connectivity index (χ2n) is 3.26. The number of aliphatic hydroxyl groups excluding tert-OH is 1. The Labute approximate surface area is 95.5 Å². The van der Waals surface area contributed by atoms with E-state index in [1.807, 2.05) is 0 Å². The molecule has 0 bridgehead atoms. The fraction of sp³-hybridized carbons (Fsp3) is 0.273. The van der Waals surface area contributed by atoms with Gasteiger partial charge in [0, 0.05) is 10.0 Å². The molecule has 1 heterocycles. The lowest BCUT2D eigenvalue weighted by molar-refractivity contribution is 0.281. The Bertz CT molecular complexity index is 462. The summed E-state index contributed by atoms with van der Waals surface area (Å²) in [6.45, 7) is 2.19. The first-order valence-corrected chi connectivity index (χ1v) is 6.43. The molecule has 0 aliphatic rings. The van der Waals surface area contributed by atoms with Gasteiger partial charge in [-0.2, -0.15) is 0 Å². The molecule has 2 aromatic rings. The van der Waals surface area contributed by atoms with Crippen LogP contribution >= 0.6 is 27.3 Å². The standard InChI is InChI=1S/C11H11BrOS/c1-7-8(6-13)4-11-9(2-3-14-11)10(7)5-12/h2-4,13H,5-6H2,1H3. The highest BCUT2D eigenvalue weighted by Gasteiger charge is 2.09. The van der Waals surface area contributed by atoms with Gasteiger partial charge in [0.05, 0.1) is 6.61 Å². The maximum absolute atomic E-state index is 9.22. The summed E-state index contributed by atoms with van der Waals surface area (Å²) < 4.78 is 1.26. The third-order valence-corrected chi connectivity index (χ3v) is 3.99. The number of benzene rings is 1. The quantitative estimate of drug-likeness (QED) is 0.827. The number of thiophene rings is 1. The normalized spacial score (nSPS) is 11.1. The van der Waals surface area contributed by atoms with Crippen LogP contribution in [0.5, 0.6) is 0 Å². The molecule has 0 amide bonds. The highest BCUT2D eigenvalue weighted by atomic mass is 79.9. The number of rotatable bonds is 2. The smallest absolute Gasteiger partial charge is 0.0685 e. The molecule has 2 rings (SSSR count). The van der Waals surface area contributed by atoms with Crippen LogP contribution in [0.15, 0.2) is 17.5 Å². The molecule has 0 saturated heterocycles. The average molecular weight is 271 g/mol. The Balaban J connectivity index is 2.80. The van der Waals surface area contributed by atoms with Gasteiger partial charge in [0.25, 0.3) is 0 Å². The van der Waals surface area contributed by atoms with Crippen LogP contribution < -0.4 is 0 Å².